The van der Waals surface area contributed by atoms with Crippen LogP contribution in [0.25, 0.3) is 0 Å². The van der Waals surface area contributed by atoms with Crippen molar-refractivity contribution in [3.63, 3.8) is 0 Å². The highest BCUT2D eigenvalue weighted by Gasteiger charge is 2.20. The number of rotatable bonds is 65. The van der Waals surface area contributed by atoms with Gasteiger partial charge in [-0.2, -0.15) is 0 Å². The summed E-state index contributed by atoms with van der Waals surface area (Å²) in [6.45, 7) is 4.95. The number of esters is 1. The molecule has 0 aromatic rings. The summed E-state index contributed by atoms with van der Waals surface area (Å²) in [6, 6.07) is -0.555. The number of unbranched alkanes of at least 4 members (excludes halogenated alkanes) is 50. The van der Waals surface area contributed by atoms with Crippen LogP contribution >= 0.6 is 0 Å². The first-order valence-corrected chi connectivity index (χ1v) is 34.6. The second kappa shape index (κ2) is 65.9. The molecule has 0 radical (unpaired) electrons. The number of hydrogen-bond acceptors (Lipinski definition) is 5. The number of carbonyl (C=O) groups excluding carboxylic acids is 2. The van der Waals surface area contributed by atoms with E-state index in [2.05, 4.69) is 43.5 Å². The van der Waals surface area contributed by atoms with Crippen molar-refractivity contribution in [1.29, 1.82) is 0 Å². The van der Waals surface area contributed by atoms with Gasteiger partial charge in [-0.3, -0.25) is 9.59 Å². The van der Waals surface area contributed by atoms with Crippen LogP contribution in [0.5, 0.6) is 0 Å². The van der Waals surface area contributed by atoms with Crippen LogP contribution in [0, 0.1) is 0 Å². The average molecular weight is 1070 g/mol. The number of allylic oxidation sites excluding steroid dienone is 4. The average Bonchev–Trinajstić information content (AvgIpc) is 3.42. The third-order valence-electron chi connectivity index (χ3n) is 16.3. The first kappa shape index (κ1) is 74.3. The minimum Gasteiger partial charge on any atom is -0.466 e. The Morgan fingerprint density at radius 3 is 1.00 bits per heavy atom. The zero-order chi connectivity index (χ0) is 55.0. The molecule has 0 aliphatic rings. The summed E-state index contributed by atoms with van der Waals surface area (Å²) < 4.78 is 5.48. The largest absolute Gasteiger partial charge is 0.466 e. The van der Waals surface area contributed by atoms with Gasteiger partial charge in [0.1, 0.15) is 0 Å². The Morgan fingerprint density at radius 1 is 0.368 bits per heavy atom. The van der Waals surface area contributed by atoms with E-state index >= 15 is 0 Å². The fourth-order valence-electron chi connectivity index (χ4n) is 11.0. The van der Waals surface area contributed by atoms with Crippen molar-refractivity contribution in [3.05, 3.63) is 24.3 Å². The van der Waals surface area contributed by atoms with E-state index in [9.17, 15) is 19.8 Å². The minimum atomic E-state index is -0.676. The summed E-state index contributed by atoms with van der Waals surface area (Å²) in [5, 5.41) is 23.4. The van der Waals surface area contributed by atoms with E-state index in [-0.39, 0.29) is 18.5 Å². The van der Waals surface area contributed by atoms with Crippen LogP contribution < -0.4 is 5.32 Å². The van der Waals surface area contributed by atoms with Gasteiger partial charge < -0.3 is 20.3 Å². The lowest BCUT2D eigenvalue weighted by Crippen LogP contribution is -2.45. The molecular formula is C70H135NO5. The molecule has 0 aliphatic heterocycles. The van der Waals surface area contributed by atoms with Gasteiger partial charge >= 0.3 is 5.97 Å². The molecule has 0 saturated carbocycles. The lowest BCUT2D eigenvalue weighted by atomic mass is 10.0. The summed E-state index contributed by atoms with van der Waals surface area (Å²) in [4.78, 5) is 24.6. The highest BCUT2D eigenvalue weighted by atomic mass is 16.5. The molecule has 0 aliphatic carbocycles. The van der Waals surface area contributed by atoms with Crippen molar-refractivity contribution in [2.75, 3.05) is 13.2 Å². The first-order valence-electron chi connectivity index (χ1n) is 34.6. The van der Waals surface area contributed by atoms with Crippen LogP contribution in [-0.4, -0.2) is 47.4 Å². The highest BCUT2D eigenvalue weighted by molar-refractivity contribution is 5.76. The van der Waals surface area contributed by atoms with E-state index in [0.717, 1.165) is 83.5 Å². The maximum Gasteiger partial charge on any atom is 0.305 e. The predicted octanol–water partition coefficient (Wildman–Crippen LogP) is 22.1. The fourth-order valence-corrected chi connectivity index (χ4v) is 11.0. The molecule has 0 heterocycles. The third-order valence-corrected chi connectivity index (χ3v) is 16.3. The number of aliphatic hydroxyl groups is 2. The Labute approximate surface area is 475 Å². The molecule has 0 bridgehead atoms. The number of aliphatic hydroxyl groups excluding tert-OH is 2. The number of hydrogen-bond donors (Lipinski definition) is 3. The topological polar surface area (TPSA) is 95.9 Å². The predicted molar refractivity (Wildman–Crippen MR) is 333 cm³/mol. The molecule has 0 aromatic heterocycles. The zero-order valence-electron chi connectivity index (χ0n) is 51.5. The SMILES string of the molecule is CCCCCCCCCCCCCCCCCCCCCCCCCC(O)C(CO)NC(=O)CCCCCCCCC/C=C\C/C=C\CCCCCOC(=O)CCCCCCCCCCCCCCCCCCCCC. The molecule has 6 nitrogen and oxygen atoms in total. The molecule has 0 aromatic carbocycles. The molecule has 2 unspecified atom stereocenters. The fraction of sp³-hybridized carbons (Fsp3) is 0.914. The quantitative estimate of drug-likeness (QED) is 0.0320. The molecule has 450 valence electrons. The van der Waals surface area contributed by atoms with Gasteiger partial charge in [-0.05, 0) is 64.2 Å². The molecule has 3 N–H and O–H groups in total. The Balaban J connectivity index is 3.46. The Hall–Kier alpha value is -1.66. The standard InChI is InChI=1S/C70H135NO5/c1-3-5-7-9-11-13-15-17-19-21-23-24-25-26-28-30-34-38-42-46-50-54-58-62-68(73)67(66-72)71-69(74)63-59-55-51-47-43-39-35-31-29-33-37-41-45-49-53-57-61-65-76-70(75)64-60-56-52-48-44-40-36-32-27-22-20-18-16-14-12-10-8-6-4-2/h29,33,41,45,67-68,72-73H,3-28,30-32,34-40,42-44,46-66H2,1-2H3,(H,71,74)/b33-29-,45-41-. The second-order valence-corrected chi connectivity index (χ2v) is 23.9. The summed E-state index contributed by atoms with van der Waals surface area (Å²) in [7, 11) is 0. The number of carbonyl (C=O) groups is 2. The third kappa shape index (κ3) is 61.6. The van der Waals surface area contributed by atoms with Gasteiger partial charge in [-0.25, -0.2) is 0 Å². The van der Waals surface area contributed by atoms with Gasteiger partial charge in [0.05, 0.1) is 25.4 Å². The van der Waals surface area contributed by atoms with E-state index in [1.807, 2.05) is 0 Å². The molecule has 0 spiro atoms. The molecule has 76 heavy (non-hydrogen) atoms. The van der Waals surface area contributed by atoms with Crippen LogP contribution in [0.1, 0.15) is 386 Å². The van der Waals surface area contributed by atoms with Gasteiger partial charge in [0.25, 0.3) is 0 Å². The van der Waals surface area contributed by atoms with Crippen LogP contribution in [0.15, 0.2) is 24.3 Å². The summed E-state index contributed by atoms with van der Waals surface area (Å²) in [5.41, 5.74) is 0. The molecule has 0 fully saturated rings. The number of ether oxygens (including phenoxy) is 1. The van der Waals surface area contributed by atoms with Crippen molar-refractivity contribution in [3.8, 4) is 0 Å². The molecule has 0 rings (SSSR count). The normalized spacial score (nSPS) is 12.6. The lowest BCUT2D eigenvalue weighted by molar-refractivity contribution is -0.143. The summed E-state index contributed by atoms with van der Waals surface area (Å²) in [5.74, 6) is -0.0562. The molecule has 0 saturated heterocycles. The molecule has 6 heteroatoms. The van der Waals surface area contributed by atoms with Gasteiger partial charge in [0.15, 0.2) is 0 Å². The monoisotopic (exact) mass is 1070 g/mol. The van der Waals surface area contributed by atoms with Crippen molar-refractivity contribution in [1.82, 2.24) is 5.32 Å². The Bertz CT molecular complexity index is 1190. The maximum atomic E-state index is 12.5. The zero-order valence-corrected chi connectivity index (χ0v) is 51.5. The van der Waals surface area contributed by atoms with Crippen LogP contribution in [0.4, 0.5) is 0 Å². The van der Waals surface area contributed by atoms with E-state index in [4.69, 9.17) is 4.74 Å². The van der Waals surface area contributed by atoms with Crippen molar-refractivity contribution < 1.29 is 24.5 Å². The number of amides is 1. The van der Waals surface area contributed by atoms with E-state index in [1.165, 1.54) is 270 Å². The minimum absolute atomic E-state index is 0.00953. The van der Waals surface area contributed by atoms with E-state index < -0.39 is 12.1 Å². The molecular weight excluding hydrogens is 935 g/mol. The molecule has 1 amide bonds. The Morgan fingerprint density at radius 2 is 0.658 bits per heavy atom. The van der Waals surface area contributed by atoms with Gasteiger partial charge in [0, 0.05) is 12.8 Å². The second-order valence-electron chi connectivity index (χ2n) is 23.9. The van der Waals surface area contributed by atoms with Gasteiger partial charge in [0.2, 0.25) is 5.91 Å². The van der Waals surface area contributed by atoms with Crippen molar-refractivity contribution in [2.24, 2.45) is 0 Å². The highest BCUT2D eigenvalue weighted by Crippen LogP contribution is 2.19. The maximum absolute atomic E-state index is 12.5. The first-order chi connectivity index (χ1) is 37.5. The number of nitrogens with one attached hydrogen (secondary N) is 1. The molecule has 2 atom stereocenters. The van der Waals surface area contributed by atoms with Crippen molar-refractivity contribution >= 4 is 11.9 Å². The lowest BCUT2D eigenvalue weighted by Gasteiger charge is -2.22. The van der Waals surface area contributed by atoms with Gasteiger partial charge in [-0.15, -0.1) is 0 Å². The van der Waals surface area contributed by atoms with Crippen LogP contribution in [0.3, 0.4) is 0 Å². The summed E-state index contributed by atoms with van der Waals surface area (Å²) in [6.07, 6.45) is 82.1. The summed E-state index contributed by atoms with van der Waals surface area (Å²) >= 11 is 0. The van der Waals surface area contributed by atoms with E-state index in [1.54, 1.807) is 0 Å². The van der Waals surface area contributed by atoms with Crippen LogP contribution in [-0.2, 0) is 14.3 Å². The van der Waals surface area contributed by atoms with Gasteiger partial charge in [-0.1, -0.05) is 334 Å². The smallest absolute Gasteiger partial charge is 0.305 e. The Kier molecular flexibility index (Phi) is 64.4. The van der Waals surface area contributed by atoms with Crippen molar-refractivity contribution in [2.45, 2.75) is 398 Å². The van der Waals surface area contributed by atoms with E-state index in [0.29, 0.717) is 25.9 Å². The van der Waals surface area contributed by atoms with Crippen LogP contribution in [0.2, 0.25) is 0 Å².